The Morgan fingerprint density at radius 3 is 2.35 bits per heavy atom. The van der Waals surface area contributed by atoms with Crippen molar-refractivity contribution in [3.8, 4) is 17.0 Å². The summed E-state index contributed by atoms with van der Waals surface area (Å²) in [5, 5.41) is 5.80. The summed E-state index contributed by atoms with van der Waals surface area (Å²) in [5.41, 5.74) is 3.27. The molecule has 0 aliphatic rings. The molecule has 1 heterocycles. The fraction of sp³-hybridized carbons (Fsp3) is 0.0870. The zero-order valence-corrected chi connectivity index (χ0v) is 14.6. The van der Waals surface area contributed by atoms with Crippen LogP contribution in [0.4, 0.5) is 5.82 Å². The van der Waals surface area contributed by atoms with Crippen LogP contribution in [0.25, 0.3) is 22.0 Å². The molecule has 3 nitrogen and oxygen atoms in total. The standard InChI is InChI=1S/C23H20N2O/c1-26-20-13-11-17(12-14-20)16-24-23-21-10-6-5-9-19(21)15-22(25-23)18-7-3-2-4-8-18/h2-15H,16H2,1H3,(H,24,25). The van der Waals surface area contributed by atoms with Crippen LogP contribution < -0.4 is 10.1 Å². The van der Waals surface area contributed by atoms with Crippen LogP contribution in [0.3, 0.4) is 0 Å². The number of rotatable bonds is 5. The second-order valence-electron chi connectivity index (χ2n) is 6.14. The Morgan fingerprint density at radius 2 is 1.58 bits per heavy atom. The van der Waals surface area contributed by atoms with Gasteiger partial charge in [-0.1, -0.05) is 66.7 Å². The molecule has 0 bridgehead atoms. The molecule has 0 spiro atoms. The Bertz CT molecular complexity index is 1010. The minimum Gasteiger partial charge on any atom is -0.497 e. The minimum absolute atomic E-state index is 0.708. The van der Waals surface area contributed by atoms with E-state index in [0.717, 1.165) is 28.2 Å². The Hall–Kier alpha value is -3.33. The van der Waals surface area contributed by atoms with Gasteiger partial charge in [0.05, 0.1) is 12.8 Å². The van der Waals surface area contributed by atoms with E-state index in [-0.39, 0.29) is 0 Å². The van der Waals surface area contributed by atoms with Gasteiger partial charge in [-0.3, -0.25) is 0 Å². The Morgan fingerprint density at radius 1 is 0.846 bits per heavy atom. The summed E-state index contributed by atoms with van der Waals surface area (Å²) in [7, 11) is 1.68. The van der Waals surface area contributed by atoms with Crippen LogP contribution in [0.2, 0.25) is 0 Å². The second-order valence-corrected chi connectivity index (χ2v) is 6.14. The van der Waals surface area contributed by atoms with E-state index >= 15 is 0 Å². The molecule has 0 radical (unpaired) electrons. The maximum atomic E-state index is 5.22. The van der Waals surface area contributed by atoms with E-state index < -0.39 is 0 Å². The van der Waals surface area contributed by atoms with Gasteiger partial charge in [0.25, 0.3) is 0 Å². The third-order valence-corrected chi connectivity index (χ3v) is 4.43. The van der Waals surface area contributed by atoms with Gasteiger partial charge < -0.3 is 10.1 Å². The topological polar surface area (TPSA) is 34.1 Å². The van der Waals surface area contributed by atoms with Crippen LogP contribution in [0.1, 0.15) is 5.56 Å². The predicted molar refractivity (Wildman–Crippen MR) is 107 cm³/mol. The number of nitrogens with one attached hydrogen (secondary N) is 1. The van der Waals surface area contributed by atoms with E-state index in [2.05, 4.69) is 53.8 Å². The van der Waals surface area contributed by atoms with Gasteiger partial charge in [-0.15, -0.1) is 0 Å². The lowest BCUT2D eigenvalue weighted by molar-refractivity contribution is 0.414. The molecule has 4 rings (SSSR count). The molecule has 0 atom stereocenters. The van der Waals surface area contributed by atoms with E-state index in [9.17, 15) is 0 Å². The zero-order valence-electron chi connectivity index (χ0n) is 14.6. The van der Waals surface area contributed by atoms with Gasteiger partial charge in [0.2, 0.25) is 0 Å². The molecule has 0 aliphatic carbocycles. The fourth-order valence-electron chi connectivity index (χ4n) is 3.02. The third-order valence-electron chi connectivity index (χ3n) is 4.43. The molecule has 26 heavy (non-hydrogen) atoms. The maximum Gasteiger partial charge on any atom is 0.134 e. The van der Waals surface area contributed by atoms with Crippen LogP contribution >= 0.6 is 0 Å². The first kappa shape index (κ1) is 16.2. The smallest absolute Gasteiger partial charge is 0.134 e. The van der Waals surface area contributed by atoms with Crippen molar-refractivity contribution in [2.45, 2.75) is 6.54 Å². The number of fused-ring (bicyclic) bond motifs is 1. The molecule has 0 unspecified atom stereocenters. The van der Waals surface area contributed by atoms with Gasteiger partial charge >= 0.3 is 0 Å². The molecule has 1 aromatic heterocycles. The minimum atomic E-state index is 0.708. The van der Waals surface area contributed by atoms with Gasteiger partial charge in [0, 0.05) is 17.5 Å². The molecular weight excluding hydrogens is 320 g/mol. The van der Waals surface area contributed by atoms with Gasteiger partial charge in [0.1, 0.15) is 11.6 Å². The average molecular weight is 340 g/mol. The number of hydrogen-bond donors (Lipinski definition) is 1. The van der Waals surface area contributed by atoms with Gasteiger partial charge in [-0.2, -0.15) is 0 Å². The SMILES string of the molecule is COc1ccc(CNc2nc(-c3ccccc3)cc3ccccc23)cc1. The Kier molecular flexibility index (Phi) is 4.52. The van der Waals surface area contributed by atoms with E-state index in [4.69, 9.17) is 9.72 Å². The monoisotopic (exact) mass is 340 g/mol. The van der Waals surface area contributed by atoms with Crippen LogP contribution in [0, 0.1) is 0 Å². The van der Waals surface area contributed by atoms with Crippen molar-refractivity contribution in [2.24, 2.45) is 0 Å². The molecule has 0 saturated carbocycles. The Labute approximate surface area is 153 Å². The van der Waals surface area contributed by atoms with Crippen molar-refractivity contribution < 1.29 is 4.74 Å². The number of hydrogen-bond acceptors (Lipinski definition) is 3. The summed E-state index contributed by atoms with van der Waals surface area (Å²) >= 11 is 0. The predicted octanol–water partition coefficient (Wildman–Crippen LogP) is 5.52. The molecular formula is C23H20N2O. The highest BCUT2D eigenvalue weighted by Crippen LogP contribution is 2.28. The van der Waals surface area contributed by atoms with Gasteiger partial charge in [0.15, 0.2) is 0 Å². The molecule has 0 amide bonds. The fourth-order valence-corrected chi connectivity index (χ4v) is 3.02. The number of benzene rings is 3. The van der Waals surface area contributed by atoms with E-state index in [0.29, 0.717) is 6.54 Å². The number of aromatic nitrogens is 1. The van der Waals surface area contributed by atoms with Crippen LogP contribution in [0.15, 0.2) is 84.9 Å². The first-order valence-electron chi connectivity index (χ1n) is 8.65. The molecule has 3 heteroatoms. The molecule has 0 fully saturated rings. The summed E-state index contributed by atoms with van der Waals surface area (Å²) in [4.78, 5) is 4.88. The molecule has 1 N–H and O–H groups in total. The lowest BCUT2D eigenvalue weighted by Gasteiger charge is -2.12. The van der Waals surface area contributed by atoms with Crippen molar-refractivity contribution >= 4 is 16.6 Å². The summed E-state index contributed by atoms with van der Waals surface area (Å²) in [6, 6.07) is 28.8. The quantitative estimate of drug-likeness (QED) is 0.519. The van der Waals surface area contributed by atoms with Crippen molar-refractivity contribution in [2.75, 3.05) is 12.4 Å². The van der Waals surface area contributed by atoms with Crippen molar-refractivity contribution in [1.82, 2.24) is 4.98 Å². The highest BCUT2D eigenvalue weighted by atomic mass is 16.5. The average Bonchev–Trinajstić information content (AvgIpc) is 2.73. The van der Waals surface area contributed by atoms with E-state index in [1.165, 1.54) is 10.9 Å². The molecule has 0 saturated heterocycles. The largest absolute Gasteiger partial charge is 0.497 e. The number of nitrogens with zero attached hydrogens (tertiary/aromatic N) is 1. The Balaban J connectivity index is 1.68. The summed E-state index contributed by atoms with van der Waals surface area (Å²) in [6.07, 6.45) is 0. The number of ether oxygens (including phenoxy) is 1. The molecule has 4 aromatic rings. The molecule has 0 aliphatic heterocycles. The van der Waals surface area contributed by atoms with Crippen LogP contribution in [0.5, 0.6) is 5.75 Å². The van der Waals surface area contributed by atoms with Crippen LogP contribution in [-0.2, 0) is 6.54 Å². The summed E-state index contributed by atoms with van der Waals surface area (Å²) in [6.45, 7) is 0.708. The maximum absolute atomic E-state index is 5.22. The molecule has 128 valence electrons. The lowest BCUT2D eigenvalue weighted by atomic mass is 10.1. The number of anilines is 1. The highest BCUT2D eigenvalue weighted by Gasteiger charge is 2.07. The van der Waals surface area contributed by atoms with Crippen LogP contribution in [-0.4, -0.2) is 12.1 Å². The highest BCUT2D eigenvalue weighted by molar-refractivity contribution is 5.94. The first-order chi connectivity index (χ1) is 12.8. The zero-order chi connectivity index (χ0) is 17.8. The normalized spacial score (nSPS) is 10.7. The van der Waals surface area contributed by atoms with Crippen molar-refractivity contribution in [3.63, 3.8) is 0 Å². The van der Waals surface area contributed by atoms with Gasteiger partial charge in [-0.05, 0) is 29.1 Å². The molecule has 3 aromatic carbocycles. The van der Waals surface area contributed by atoms with E-state index in [1.807, 2.05) is 36.4 Å². The summed E-state index contributed by atoms with van der Waals surface area (Å²) in [5.74, 6) is 1.76. The van der Waals surface area contributed by atoms with Crippen molar-refractivity contribution in [3.05, 3.63) is 90.5 Å². The number of methoxy groups -OCH3 is 1. The first-order valence-corrected chi connectivity index (χ1v) is 8.65. The lowest BCUT2D eigenvalue weighted by Crippen LogP contribution is -2.03. The van der Waals surface area contributed by atoms with E-state index in [1.54, 1.807) is 7.11 Å². The number of pyridine rings is 1. The van der Waals surface area contributed by atoms with Crippen molar-refractivity contribution in [1.29, 1.82) is 0 Å². The summed E-state index contributed by atoms with van der Waals surface area (Å²) < 4.78 is 5.22. The second kappa shape index (κ2) is 7.28. The third kappa shape index (κ3) is 3.38. The van der Waals surface area contributed by atoms with Gasteiger partial charge in [-0.25, -0.2) is 4.98 Å².